The summed E-state index contributed by atoms with van der Waals surface area (Å²) in [5, 5.41) is 0. The minimum Gasteiger partial charge on any atom is -0.372 e. The summed E-state index contributed by atoms with van der Waals surface area (Å²) in [5.74, 6) is 0.464. The first kappa shape index (κ1) is 9.78. The molecule has 2 nitrogen and oxygen atoms in total. The summed E-state index contributed by atoms with van der Waals surface area (Å²) in [6.45, 7) is 4.85. The highest BCUT2D eigenvalue weighted by Crippen LogP contribution is 2.12. The Morgan fingerprint density at radius 3 is 2.83 bits per heavy atom. The average Bonchev–Trinajstić information content (AvgIpc) is 2.15. The lowest BCUT2D eigenvalue weighted by Crippen LogP contribution is -2.38. The second-order valence-corrected chi connectivity index (χ2v) is 2.83. The first-order valence-corrected chi connectivity index (χ1v) is 4.50. The minimum atomic E-state index is -0.0192. The lowest BCUT2D eigenvalue weighted by Gasteiger charge is -2.28. The van der Waals surface area contributed by atoms with E-state index in [1.165, 1.54) is 0 Å². The van der Waals surface area contributed by atoms with E-state index in [4.69, 9.17) is 21.1 Å². The molecule has 0 aromatic heterocycles. The van der Waals surface area contributed by atoms with Crippen LogP contribution in [0.2, 0.25) is 0 Å². The Balaban J connectivity index is 2.46. The van der Waals surface area contributed by atoms with Crippen LogP contribution in [0.15, 0.2) is 24.8 Å². The van der Waals surface area contributed by atoms with Gasteiger partial charge in [0.1, 0.15) is 12.2 Å². The van der Waals surface area contributed by atoms with Gasteiger partial charge in [0.05, 0.1) is 19.1 Å². The van der Waals surface area contributed by atoms with Gasteiger partial charge in [-0.05, 0) is 0 Å². The van der Waals surface area contributed by atoms with E-state index in [1.807, 2.05) is 12.2 Å². The van der Waals surface area contributed by atoms with Crippen LogP contribution in [0, 0.1) is 0 Å². The predicted octanol–water partition coefficient (Wildman–Crippen LogP) is 1.75. The Bertz CT molecular complexity index is 168. The first-order valence-electron chi connectivity index (χ1n) is 3.97. The van der Waals surface area contributed by atoms with Crippen molar-refractivity contribution in [3.63, 3.8) is 0 Å². The third-order valence-corrected chi connectivity index (χ3v) is 1.99. The molecule has 0 aromatic rings. The van der Waals surface area contributed by atoms with Crippen molar-refractivity contribution in [2.24, 2.45) is 0 Å². The fraction of sp³-hybridized carbons (Fsp3) is 0.556. The number of hydrogen-bond acceptors (Lipinski definition) is 2. The second kappa shape index (κ2) is 5.36. The van der Waals surface area contributed by atoms with Gasteiger partial charge in [-0.15, -0.1) is 11.6 Å². The zero-order valence-corrected chi connectivity index (χ0v) is 7.67. The predicted molar refractivity (Wildman–Crippen MR) is 49.5 cm³/mol. The van der Waals surface area contributed by atoms with E-state index in [1.54, 1.807) is 6.08 Å². The molecule has 0 bridgehead atoms. The highest BCUT2D eigenvalue weighted by atomic mass is 35.5. The topological polar surface area (TPSA) is 18.5 Å². The van der Waals surface area contributed by atoms with Crippen LogP contribution in [0.4, 0.5) is 0 Å². The fourth-order valence-electron chi connectivity index (χ4n) is 1.09. The zero-order chi connectivity index (χ0) is 8.81. The number of allylic oxidation sites excluding steroid dienone is 2. The zero-order valence-electron chi connectivity index (χ0n) is 6.91. The third kappa shape index (κ3) is 2.63. The standard InChI is InChI=1S/C9H13ClO2/c1-2-3-4-8-9(7-10)12-6-5-11-8/h2-4,8-9H,1,5-7H2/b4-3+/t8-,9-/m1/s1. The Labute approximate surface area is 77.8 Å². The summed E-state index contributed by atoms with van der Waals surface area (Å²) >= 11 is 5.69. The van der Waals surface area contributed by atoms with Crippen molar-refractivity contribution < 1.29 is 9.47 Å². The number of alkyl halides is 1. The average molecular weight is 189 g/mol. The van der Waals surface area contributed by atoms with Gasteiger partial charge in [0.25, 0.3) is 0 Å². The summed E-state index contributed by atoms with van der Waals surface area (Å²) in [4.78, 5) is 0. The second-order valence-electron chi connectivity index (χ2n) is 2.52. The molecule has 68 valence electrons. The van der Waals surface area contributed by atoms with E-state index >= 15 is 0 Å². The molecule has 3 heteroatoms. The van der Waals surface area contributed by atoms with Gasteiger partial charge in [-0.3, -0.25) is 0 Å². The summed E-state index contributed by atoms with van der Waals surface area (Å²) in [6.07, 6.45) is 5.44. The number of halogens is 1. The van der Waals surface area contributed by atoms with Crippen LogP contribution >= 0.6 is 11.6 Å². The van der Waals surface area contributed by atoms with Crippen molar-refractivity contribution in [1.29, 1.82) is 0 Å². The smallest absolute Gasteiger partial charge is 0.103 e. The summed E-state index contributed by atoms with van der Waals surface area (Å²) in [5.41, 5.74) is 0. The molecule has 0 unspecified atom stereocenters. The molecule has 1 aliphatic rings. The molecular formula is C9H13ClO2. The van der Waals surface area contributed by atoms with Gasteiger partial charge >= 0.3 is 0 Å². The highest BCUT2D eigenvalue weighted by molar-refractivity contribution is 6.18. The molecule has 1 heterocycles. The molecular weight excluding hydrogens is 176 g/mol. The SMILES string of the molecule is C=C/C=C/[C@H]1OCCO[C@@H]1CCl. The molecule has 0 N–H and O–H groups in total. The van der Waals surface area contributed by atoms with Crippen molar-refractivity contribution in [2.75, 3.05) is 19.1 Å². The minimum absolute atomic E-state index is 0.0170. The van der Waals surface area contributed by atoms with Crippen LogP contribution in [-0.2, 0) is 9.47 Å². The Hall–Kier alpha value is -0.310. The van der Waals surface area contributed by atoms with Gasteiger partial charge in [0.2, 0.25) is 0 Å². The summed E-state index contributed by atoms with van der Waals surface area (Å²) in [6, 6.07) is 0. The molecule has 0 aromatic carbocycles. The van der Waals surface area contributed by atoms with E-state index in [2.05, 4.69) is 6.58 Å². The van der Waals surface area contributed by atoms with Crippen LogP contribution < -0.4 is 0 Å². The molecule has 1 fully saturated rings. The molecule has 12 heavy (non-hydrogen) atoms. The van der Waals surface area contributed by atoms with Crippen LogP contribution in [0.1, 0.15) is 0 Å². The van der Waals surface area contributed by atoms with E-state index in [0.717, 1.165) is 0 Å². The van der Waals surface area contributed by atoms with E-state index in [-0.39, 0.29) is 12.2 Å². The van der Waals surface area contributed by atoms with Crippen molar-refractivity contribution >= 4 is 11.6 Å². The maximum Gasteiger partial charge on any atom is 0.103 e. The molecule has 1 aliphatic heterocycles. The van der Waals surface area contributed by atoms with Gasteiger partial charge in [-0.1, -0.05) is 24.8 Å². The lowest BCUT2D eigenvalue weighted by molar-refractivity contribution is -0.111. The van der Waals surface area contributed by atoms with Gasteiger partial charge in [0, 0.05) is 0 Å². The van der Waals surface area contributed by atoms with E-state index in [9.17, 15) is 0 Å². The Morgan fingerprint density at radius 2 is 2.17 bits per heavy atom. The normalized spacial score (nSPS) is 30.8. The van der Waals surface area contributed by atoms with Gasteiger partial charge < -0.3 is 9.47 Å². The van der Waals surface area contributed by atoms with Crippen LogP contribution in [0.5, 0.6) is 0 Å². The van der Waals surface area contributed by atoms with E-state index < -0.39 is 0 Å². The number of ether oxygens (including phenoxy) is 2. The molecule has 0 saturated carbocycles. The van der Waals surface area contributed by atoms with Crippen LogP contribution in [0.25, 0.3) is 0 Å². The summed E-state index contributed by atoms with van der Waals surface area (Å²) < 4.78 is 10.8. The third-order valence-electron chi connectivity index (χ3n) is 1.68. The Morgan fingerprint density at radius 1 is 1.42 bits per heavy atom. The molecule has 0 radical (unpaired) electrons. The van der Waals surface area contributed by atoms with Crippen molar-refractivity contribution in [2.45, 2.75) is 12.2 Å². The van der Waals surface area contributed by atoms with Gasteiger partial charge in [-0.2, -0.15) is 0 Å². The molecule has 2 atom stereocenters. The van der Waals surface area contributed by atoms with Crippen molar-refractivity contribution in [1.82, 2.24) is 0 Å². The van der Waals surface area contributed by atoms with Crippen molar-refractivity contribution in [3.8, 4) is 0 Å². The molecule has 0 amide bonds. The summed E-state index contributed by atoms with van der Waals surface area (Å²) in [7, 11) is 0. The van der Waals surface area contributed by atoms with Gasteiger partial charge in [0.15, 0.2) is 0 Å². The maximum atomic E-state index is 5.69. The van der Waals surface area contributed by atoms with Crippen LogP contribution in [0.3, 0.4) is 0 Å². The Kier molecular flexibility index (Phi) is 4.36. The number of rotatable bonds is 3. The van der Waals surface area contributed by atoms with Gasteiger partial charge in [-0.25, -0.2) is 0 Å². The van der Waals surface area contributed by atoms with E-state index in [0.29, 0.717) is 19.1 Å². The first-order chi connectivity index (χ1) is 5.88. The highest BCUT2D eigenvalue weighted by Gasteiger charge is 2.23. The molecule has 0 spiro atoms. The molecule has 0 aliphatic carbocycles. The lowest BCUT2D eigenvalue weighted by atomic mass is 10.2. The van der Waals surface area contributed by atoms with Crippen molar-refractivity contribution in [3.05, 3.63) is 24.8 Å². The molecule has 1 saturated heterocycles. The maximum absolute atomic E-state index is 5.69. The quantitative estimate of drug-likeness (QED) is 0.496. The monoisotopic (exact) mass is 188 g/mol. The number of hydrogen-bond donors (Lipinski definition) is 0. The molecule has 1 rings (SSSR count). The fourth-order valence-corrected chi connectivity index (χ4v) is 1.35. The van der Waals surface area contributed by atoms with Crippen LogP contribution in [-0.4, -0.2) is 31.3 Å². The largest absolute Gasteiger partial charge is 0.372 e.